The third-order valence-electron chi connectivity index (χ3n) is 4.63. The van der Waals surface area contributed by atoms with Gasteiger partial charge in [0.15, 0.2) is 0 Å². The predicted molar refractivity (Wildman–Crippen MR) is 66.0 cm³/mol. The van der Waals surface area contributed by atoms with Crippen LogP contribution in [0.25, 0.3) is 0 Å². The number of hydrogen-bond donors (Lipinski definition) is 1. The molecule has 3 rings (SSSR count). The maximum Gasteiger partial charge on any atom is 0.0718 e. The highest BCUT2D eigenvalue weighted by atomic mass is 16.5. The second-order valence-electron chi connectivity index (χ2n) is 5.78. The first kappa shape index (κ1) is 11.9. The molecule has 0 bridgehead atoms. The minimum absolute atomic E-state index is 0.189. The van der Waals surface area contributed by atoms with Crippen molar-refractivity contribution in [2.75, 3.05) is 45.9 Å². The molecule has 17 heavy (non-hydrogen) atoms. The molecule has 4 heteroatoms. The molecule has 0 radical (unpaired) electrons. The van der Waals surface area contributed by atoms with Crippen molar-refractivity contribution in [1.29, 1.82) is 0 Å². The van der Waals surface area contributed by atoms with Crippen LogP contribution in [0.2, 0.25) is 0 Å². The lowest BCUT2D eigenvalue weighted by Crippen LogP contribution is -2.52. The van der Waals surface area contributed by atoms with Crippen molar-refractivity contribution in [2.45, 2.75) is 31.4 Å². The number of aliphatic hydroxyl groups excluding tert-OH is 1. The quantitative estimate of drug-likeness (QED) is 0.762. The Balaban J connectivity index is 1.48. The molecule has 0 aromatic rings. The van der Waals surface area contributed by atoms with Gasteiger partial charge in [0.2, 0.25) is 0 Å². The molecule has 3 aliphatic heterocycles. The molecule has 0 aliphatic carbocycles. The summed E-state index contributed by atoms with van der Waals surface area (Å²) in [6.07, 6.45) is 3.55. The molecular formula is C13H24N2O2. The molecular weight excluding hydrogens is 216 g/mol. The van der Waals surface area contributed by atoms with Crippen LogP contribution in [0.1, 0.15) is 19.3 Å². The first-order chi connectivity index (χ1) is 8.33. The Morgan fingerprint density at radius 1 is 1.24 bits per heavy atom. The highest BCUT2D eigenvalue weighted by Crippen LogP contribution is 2.23. The summed E-state index contributed by atoms with van der Waals surface area (Å²) in [6.45, 7) is 7.20. The zero-order valence-corrected chi connectivity index (χ0v) is 10.6. The van der Waals surface area contributed by atoms with Crippen LogP contribution in [0.4, 0.5) is 0 Å². The van der Waals surface area contributed by atoms with Crippen molar-refractivity contribution in [3.63, 3.8) is 0 Å². The van der Waals surface area contributed by atoms with Gasteiger partial charge in [-0.15, -0.1) is 0 Å². The smallest absolute Gasteiger partial charge is 0.0718 e. The lowest BCUT2D eigenvalue weighted by Gasteiger charge is -2.38. The molecule has 3 heterocycles. The monoisotopic (exact) mass is 240 g/mol. The molecule has 3 aliphatic rings. The van der Waals surface area contributed by atoms with E-state index >= 15 is 0 Å². The van der Waals surface area contributed by atoms with Crippen LogP contribution in [0.3, 0.4) is 0 Å². The highest BCUT2D eigenvalue weighted by Gasteiger charge is 2.32. The Morgan fingerprint density at radius 2 is 2.18 bits per heavy atom. The van der Waals surface area contributed by atoms with Crippen LogP contribution in [-0.2, 0) is 4.74 Å². The summed E-state index contributed by atoms with van der Waals surface area (Å²) in [5.41, 5.74) is 0. The van der Waals surface area contributed by atoms with E-state index in [0.29, 0.717) is 5.92 Å². The zero-order valence-electron chi connectivity index (χ0n) is 10.6. The van der Waals surface area contributed by atoms with E-state index in [1.807, 2.05) is 0 Å². The van der Waals surface area contributed by atoms with Crippen LogP contribution >= 0.6 is 0 Å². The number of fused-ring (bicyclic) bond motifs is 1. The first-order valence-corrected chi connectivity index (χ1v) is 7.05. The van der Waals surface area contributed by atoms with Gasteiger partial charge in [-0.05, 0) is 25.8 Å². The summed E-state index contributed by atoms with van der Waals surface area (Å²) in [5.74, 6) is 0.372. The third kappa shape index (κ3) is 2.65. The number of rotatable bonds is 3. The summed E-state index contributed by atoms with van der Waals surface area (Å²) < 4.78 is 5.35. The van der Waals surface area contributed by atoms with Gasteiger partial charge in [-0.1, -0.05) is 0 Å². The number of ether oxygens (including phenoxy) is 1. The Kier molecular flexibility index (Phi) is 3.66. The lowest BCUT2D eigenvalue weighted by atomic mass is 10.0. The van der Waals surface area contributed by atoms with E-state index in [2.05, 4.69) is 9.80 Å². The van der Waals surface area contributed by atoms with Gasteiger partial charge in [0.1, 0.15) is 0 Å². The molecule has 0 spiro atoms. The fraction of sp³-hybridized carbons (Fsp3) is 1.00. The van der Waals surface area contributed by atoms with Crippen LogP contribution in [0, 0.1) is 5.92 Å². The summed E-state index contributed by atoms with van der Waals surface area (Å²) in [7, 11) is 0. The van der Waals surface area contributed by atoms with Gasteiger partial charge in [-0.2, -0.15) is 0 Å². The van der Waals surface area contributed by atoms with E-state index in [9.17, 15) is 5.11 Å². The first-order valence-electron chi connectivity index (χ1n) is 7.05. The minimum atomic E-state index is -0.189. The Hall–Kier alpha value is -0.160. The van der Waals surface area contributed by atoms with E-state index < -0.39 is 0 Å². The number of hydrogen-bond acceptors (Lipinski definition) is 4. The molecule has 3 saturated heterocycles. The second kappa shape index (κ2) is 5.22. The predicted octanol–water partition coefficient (Wildman–Crippen LogP) is 0.164. The van der Waals surface area contributed by atoms with Crippen LogP contribution in [0.15, 0.2) is 0 Å². The average molecular weight is 240 g/mol. The van der Waals surface area contributed by atoms with Crippen molar-refractivity contribution in [3.8, 4) is 0 Å². The van der Waals surface area contributed by atoms with Crippen LogP contribution in [-0.4, -0.2) is 73.0 Å². The molecule has 4 nitrogen and oxygen atoms in total. The van der Waals surface area contributed by atoms with E-state index in [1.54, 1.807) is 0 Å². The summed E-state index contributed by atoms with van der Waals surface area (Å²) in [6, 6.07) is 0.760. The largest absolute Gasteiger partial charge is 0.391 e. The molecule has 98 valence electrons. The Bertz CT molecular complexity index is 256. The normalized spacial score (nSPS) is 37.2. The molecule has 0 saturated carbocycles. The number of nitrogens with zero attached hydrogens (tertiary/aromatic N) is 2. The molecule has 0 aromatic carbocycles. The second-order valence-corrected chi connectivity index (χ2v) is 5.78. The molecule has 3 atom stereocenters. The standard InChI is InChI=1S/C13H24N2O2/c16-13(11-3-7-17-10-11)9-14-5-6-15-4-1-2-12(15)8-14/h11-13,16H,1-10H2. The highest BCUT2D eigenvalue weighted by molar-refractivity contribution is 4.88. The molecule has 3 fully saturated rings. The van der Waals surface area contributed by atoms with Crippen LogP contribution < -0.4 is 0 Å². The number of aliphatic hydroxyl groups is 1. The molecule has 0 amide bonds. The van der Waals surface area contributed by atoms with Crippen LogP contribution in [0.5, 0.6) is 0 Å². The molecule has 3 unspecified atom stereocenters. The Labute approximate surface area is 104 Å². The average Bonchev–Trinajstić information content (AvgIpc) is 2.99. The van der Waals surface area contributed by atoms with Crippen molar-refractivity contribution in [1.82, 2.24) is 9.80 Å². The Morgan fingerprint density at radius 3 is 3.00 bits per heavy atom. The van der Waals surface area contributed by atoms with Crippen molar-refractivity contribution >= 4 is 0 Å². The fourth-order valence-corrected chi connectivity index (χ4v) is 3.49. The summed E-state index contributed by atoms with van der Waals surface area (Å²) >= 11 is 0. The SMILES string of the molecule is OC(CN1CCN2CCCC2C1)C1CCOC1. The number of piperazine rings is 1. The lowest BCUT2D eigenvalue weighted by molar-refractivity contribution is 0.0271. The van der Waals surface area contributed by atoms with Gasteiger partial charge in [-0.3, -0.25) is 9.80 Å². The minimum Gasteiger partial charge on any atom is -0.391 e. The summed E-state index contributed by atoms with van der Waals surface area (Å²) in [4.78, 5) is 5.07. The van der Waals surface area contributed by atoms with Gasteiger partial charge in [0.25, 0.3) is 0 Å². The van der Waals surface area contributed by atoms with E-state index in [1.165, 1.54) is 25.9 Å². The van der Waals surface area contributed by atoms with Gasteiger partial charge in [-0.25, -0.2) is 0 Å². The van der Waals surface area contributed by atoms with Crippen molar-refractivity contribution < 1.29 is 9.84 Å². The third-order valence-corrected chi connectivity index (χ3v) is 4.63. The summed E-state index contributed by atoms with van der Waals surface area (Å²) in [5, 5.41) is 10.2. The molecule has 1 N–H and O–H groups in total. The number of β-amino-alcohol motifs (C(OH)–C–C–N with tert-alkyl or cyclic N) is 1. The van der Waals surface area contributed by atoms with Crippen molar-refractivity contribution in [3.05, 3.63) is 0 Å². The fourth-order valence-electron chi connectivity index (χ4n) is 3.49. The maximum atomic E-state index is 10.2. The zero-order chi connectivity index (χ0) is 11.7. The molecule has 0 aromatic heterocycles. The maximum absolute atomic E-state index is 10.2. The van der Waals surface area contributed by atoms with Gasteiger partial charge < -0.3 is 9.84 Å². The van der Waals surface area contributed by atoms with Gasteiger partial charge in [0, 0.05) is 44.7 Å². The van der Waals surface area contributed by atoms with E-state index in [4.69, 9.17) is 4.74 Å². The van der Waals surface area contributed by atoms with E-state index in [-0.39, 0.29) is 6.10 Å². The van der Waals surface area contributed by atoms with Crippen molar-refractivity contribution in [2.24, 2.45) is 5.92 Å². The topological polar surface area (TPSA) is 35.9 Å². The van der Waals surface area contributed by atoms with Gasteiger partial charge in [0.05, 0.1) is 12.7 Å². The van der Waals surface area contributed by atoms with E-state index in [0.717, 1.165) is 45.3 Å². The van der Waals surface area contributed by atoms with Gasteiger partial charge >= 0.3 is 0 Å².